The number of aromatic nitrogens is 2. The van der Waals surface area contributed by atoms with E-state index >= 15 is 0 Å². The van der Waals surface area contributed by atoms with Crippen molar-refractivity contribution in [1.29, 1.82) is 0 Å². The maximum atomic E-state index is 13.1. The van der Waals surface area contributed by atoms with Crippen molar-refractivity contribution in [1.82, 2.24) is 9.78 Å². The number of hydrogen-bond acceptors (Lipinski definition) is 3. The van der Waals surface area contributed by atoms with E-state index in [1.165, 1.54) is 24.0 Å². The Balaban J connectivity index is 1.91. The fraction of sp³-hybridized carbons (Fsp3) is 0.150. The third-order valence-corrected chi connectivity index (χ3v) is 4.10. The number of rotatable bonds is 6. The van der Waals surface area contributed by atoms with E-state index in [0.29, 0.717) is 12.1 Å². The molecule has 0 spiro atoms. The summed E-state index contributed by atoms with van der Waals surface area (Å²) in [5.41, 5.74) is 2.11. The summed E-state index contributed by atoms with van der Waals surface area (Å²) in [6.45, 7) is 1.92. The zero-order chi connectivity index (χ0) is 18.5. The van der Waals surface area contributed by atoms with Crippen LogP contribution in [-0.4, -0.2) is 26.8 Å². The first kappa shape index (κ1) is 17.4. The minimum atomic E-state index is -1.00. The molecule has 1 atom stereocenters. The molecule has 0 saturated heterocycles. The van der Waals surface area contributed by atoms with Gasteiger partial charge in [0.05, 0.1) is 18.3 Å². The molecule has 3 aromatic rings. The SMILES string of the molecule is CC(C(=O)O)n1cc(C(=O)N(Cc2ccccc2)c2ccccc2)cn1. The lowest BCUT2D eigenvalue weighted by atomic mass is 10.1. The molecule has 0 aliphatic heterocycles. The number of nitrogens with zero attached hydrogens (tertiary/aromatic N) is 3. The van der Waals surface area contributed by atoms with Gasteiger partial charge in [0.1, 0.15) is 6.04 Å². The zero-order valence-corrected chi connectivity index (χ0v) is 14.3. The van der Waals surface area contributed by atoms with Gasteiger partial charge in [-0.05, 0) is 24.6 Å². The molecule has 6 heteroatoms. The molecule has 1 amide bonds. The molecule has 0 aliphatic carbocycles. The zero-order valence-electron chi connectivity index (χ0n) is 14.3. The highest BCUT2D eigenvalue weighted by molar-refractivity contribution is 6.05. The molecule has 1 unspecified atom stereocenters. The number of carboxylic acid groups (broad SMARTS) is 1. The minimum absolute atomic E-state index is 0.233. The van der Waals surface area contributed by atoms with Crippen molar-refractivity contribution in [2.24, 2.45) is 0 Å². The lowest BCUT2D eigenvalue weighted by Gasteiger charge is -2.22. The largest absolute Gasteiger partial charge is 0.480 e. The number of hydrogen-bond donors (Lipinski definition) is 1. The Labute approximate surface area is 151 Å². The molecule has 26 heavy (non-hydrogen) atoms. The van der Waals surface area contributed by atoms with E-state index in [9.17, 15) is 9.59 Å². The Morgan fingerprint density at radius 3 is 2.31 bits per heavy atom. The van der Waals surface area contributed by atoms with E-state index < -0.39 is 12.0 Å². The molecule has 1 heterocycles. The number of carboxylic acids is 1. The number of aliphatic carboxylic acids is 1. The fourth-order valence-electron chi connectivity index (χ4n) is 2.58. The summed E-state index contributed by atoms with van der Waals surface area (Å²) in [5, 5.41) is 13.1. The topological polar surface area (TPSA) is 75.4 Å². The van der Waals surface area contributed by atoms with Gasteiger partial charge in [-0.2, -0.15) is 5.10 Å². The van der Waals surface area contributed by atoms with Crippen LogP contribution in [0.15, 0.2) is 73.1 Å². The van der Waals surface area contributed by atoms with Crippen LogP contribution >= 0.6 is 0 Å². The second kappa shape index (κ2) is 7.65. The Morgan fingerprint density at radius 2 is 1.69 bits per heavy atom. The van der Waals surface area contributed by atoms with Gasteiger partial charge in [0.15, 0.2) is 0 Å². The second-order valence-electron chi connectivity index (χ2n) is 5.94. The van der Waals surface area contributed by atoms with E-state index in [1.54, 1.807) is 4.90 Å². The molecule has 6 nitrogen and oxygen atoms in total. The number of anilines is 1. The smallest absolute Gasteiger partial charge is 0.328 e. The fourth-order valence-corrected chi connectivity index (χ4v) is 2.58. The van der Waals surface area contributed by atoms with Crippen LogP contribution in [0, 0.1) is 0 Å². The van der Waals surface area contributed by atoms with Gasteiger partial charge in [0.2, 0.25) is 0 Å². The number of amides is 1. The first-order valence-corrected chi connectivity index (χ1v) is 8.24. The van der Waals surface area contributed by atoms with Gasteiger partial charge in [-0.25, -0.2) is 4.79 Å². The molecule has 1 N–H and O–H groups in total. The van der Waals surface area contributed by atoms with E-state index in [4.69, 9.17) is 5.11 Å². The lowest BCUT2D eigenvalue weighted by molar-refractivity contribution is -0.140. The molecule has 0 fully saturated rings. The summed E-state index contributed by atoms with van der Waals surface area (Å²) in [6.07, 6.45) is 2.88. The Morgan fingerprint density at radius 1 is 1.08 bits per heavy atom. The summed E-state index contributed by atoms with van der Waals surface area (Å²) in [5.74, 6) is -1.24. The van der Waals surface area contributed by atoms with Crippen molar-refractivity contribution >= 4 is 17.6 Å². The van der Waals surface area contributed by atoms with Crippen LogP contribution in [0.1, 0.15) is 28.9 Å². The number of carbonyl (C=O) groups is 2. The van der Waals surface area contributed by atoms with Crippen molar-refractivity contribution in [3.05, 3.63) is 84.2 Å². The van der Waals surface area contributed by atoms with Gasteiger partial charge in [-0.15, -0.1) is 0 Å². The van der Waals surface area contributed by atoms with E-state index in [2.05, 4.69) is 5.10 Å². The third-order valence-electron chi connectivity index (χ3n) is 4.10. The molecule has 0 saturated carbocycles. The van der Waals surface area contributed by atoms with Crippen LogP contribution in [0.25, 0.3) is 0 Å². The predicted octanol–water partition coefficient (Wildman–Crippen LogP) is 3.38. The third kappa shape index (κ3) is 3.80. The molecule has 0 bridgehead atoms. The van der Waals surface area contributed by atoms with Crippen LogP contribution in [0.2, 0.25) is 0 Å². The van der Waals surface area contributed by atoms with Gasteiger partial charge in [-0.1, -0.05) is 48.5 Å². The van der Waals surface area contributed by atoms with E-state index in [0.717, 1.165) is 11.3 Å². The number of benzene rings is 2. The predicted molar refractivity (Wildman–Crippen MR) is 98.0 cm³/mol. The number of para-hydroxylation sites is 1. The van der Waals surface area contributed by atoms with Gasteiger partial charge in [0, 0.05) is 11.9 Å². The quantitative estimate of drug-likeness (QED) is 0.740. The average molecular weight is 349 g/mol. The summed E-state index contributed by atoms with van der Waals surface area (Å²) in [4.78, 5) is 25.9. The first-order valence-electron chi connectivity index (χ1n) is 8.24. The van der Waals surface area contributed by atoms with Crippen molar-refractivity contribution in [3.63, 3.8) is 0 Å². The van der Waals surface area contributed by atoms with Gasteiger partial charge >= 0.3 is 5.97 Å². The summed E-state index contributed by atoms with van der Waals surface area (Å²) in [7, 11) is 0. The van der Waals surface area contributed by atoms with Gasteiger partial charge in [-0.3, -0.25) is 9.48 Å². The second-order valence-corrected chi connectivity index (χ2v) is 5.94. The highest BCUT2D eigenvalue weighted by atomic mass is 16.4. The summed E-state index contributed by atoms with van der Waals surface area (Å²) in [6, 6.07) is 18.2. The normalized spacial score (nSPS) is 11.7. The van der Waals surface area contributed by atoms with Crippen LogP contribution < -0.4 is 4.90 Å². The molecule has 0 aliphatic rings. The summed E-state index contributed by atoms with van der Waals surface area (Å²) < 4.78 is 1.28. The lowest BCUT2D eigenvalue weighted by Crippen LogP contribution is -2.30. The molecule has 132 valence electrons. The highest BCUT2D eigenvalue weighted by Gasteiger charge is 2.22. The standard InChI is InChI=1S/C20H19N3O3/c1-15(20(25)26)23-14-17(12-21-23)19(24)22(18-10-6-3-7-11-18)13-16-8-4-2-5-9-16/h2-12,14-15H,13H2,1H3,(H,25,26). The maximum absolute atomic E-state index is 13.1. The highest BCUT2D eigenvalue weighted by Crippen LogP contribution is 2.20. The number of carbonyl (C=O) groups excluding carboxylic acids is 1. The maximum Gasteiger partial charge on any atom is 0.328 e. The molecule has 0 radical (unpaired) electrons. The molecular formula is C20H19N3O3. The molecular weight excluding hydrogens is 330 g/mol. The minimum Gasteiger partial charge on any atom is -0.480 e. The monoisotopic (exact) mass is 349 g/mol. The van der Waals surface area contributed by atoms with Gasteiger partial charge in [0.25, 0.3) is 5.91 Å². The Kier molecular flexibility index (Phi) is 5.12. The van der Waals surface area contributed by atoms with Crippen LogP contribution in [-0.2, 0) is 11.3 Å². The van der Waals surface area contributed by atoms with Crippen LogP contribution in [0.5, 0.6) is 0 Å². The van der Waals surface area contributed by atoms with Crippen molar-refractivity contribution < 1.29 is 14.7 Å². The van der Waals surface area contributed by atoms with E-state index in [-0.39, 0.29) is 5.91 Å². The van der Waals surface area contributed by atoms with Crippen LogP contribution in [0.3, 0.4) is 0 Å². The van der Waals surface area contributed by atoms with E-state index in [1.807, 2.05) is 60.7 Å². The molecule has 1 aromatic heterocycles. The van der Waals surface area contributed by atoms with Crippen molar-refractivity contribution in [2.75, 3.05) is 4.90 Å². The molecule has 3 rings (SSSR count). The van der Waals surface area contributed by atoms with Crippen LogP contribution in [0.4, 0.5) is 5.69 Å². The van der Waals surface area contributed by atoms with Crippen molar-refractivity contribution in [3.8, 4) is 0 Å². The van der Waals surface area contributed by atoms with Crippen molar-refractivity contribution in [2.45, 2.75) is 19.5 Å². The first-order chi connectivity index (χ1) is 12.6. The Bertz CT molecular complexity index is 891. The Hall–Kier alpha value is -3.41. The average Bonchev–Trinajstić information content (AvgIpc) is 3.16. The van der Waals surface area contributed by atoms with Gasteiger partial charge < -0.3 is 10.0 Å². The molecule has 2 aromatic carbocycles. The summed E-state index contributed by atoms with van der Waals surface area (Å²) >= 11 is 0.